The number of rotatable bonds is 4. The third kappa shape index (κ3) is 3.53. The van der Waals surface area contributed by atoms with Gasteiger partial charge in [0.2, 0.25) is 0 Å². The third-order valence-electron chi connectivity index (χ3n) is 6.39. The van der Waals surface area contributed by atoms with Crippen molar-refractivity contribution in [1.82, 2.24) is 19.6 Å². The van der Waals surface area contributed by atoms with Gasteiger partial charge in [-0.3, -0.25) is 4.98 Å². The lowest BCUT2D eigenvalue weighted by molar-refractivity contribution is 0.252. The molecule has 9 heteroatoms. The molecule has 4 heterocycles. The second kappa shape index (κ2) is 7.68. The molecule has 3 aromatic heterocycles. The molecule has 1 aliphatic rings. The molecular formula is C23H26FN7O. The van der Waals surface area contributed by atoms with Crippen LogP contribution in [0.5, 0.6) is 5.75 Å². The molecule has 0 bridgehead atoms. The quantitative estimate of drug-likeness (QED) is 0.475. The van der Waals surface area contributed by atoms with Crippen LogP contribution in [0, 0.1) is 11.7 Å². The van der Waals surface area contributed by atoms with Crippen LogP contribution in [0.25, 0.3) is 27.7 Å². The predicted octanol–water partition coefficient (Wildman–Crippen LogP) is 2.94. The maximum atomic E-state index is 14.1. The van der Waals surface area contributed by atoms with Gasteiger partial charge in [-0.05, 0) is 43.4 Å². The van der Waals surface area contributed by atoms with E-state index in [4.69, 9.17) is 21.2 Å². The van der Waals surface area contributed by atoms with Crippen LogP contribution in [0.3, 0.4) is 0 Å². The number of anilines is 1. The second-order valence-corrected chi connectivity index (χ2v) is 8.63. The zero-order valence-electron chi connectivity index (χ0n) is 18.1. The first-order chi connectivity index (χ1) is 15.3. The van der Waals surface area contributed by atoms with Crippen molar-refractivity contribution in [3.8, 4) is 16.9 Å². The molecule has 0 amide bonds. The van der Waals surface area contributed by atoms with Gasteiger partial charge in [0.15, 0.2) is 17.2 Å². The first-order valence-electron chi connectivity index (χ1n) is 10.6. The summed E-state index contributed by atoms with van der Waals surface area (Å²) in [7, 11) is 1.45. The van der Waals surface area contributed by atoms with Gasteiger partial charge in [0, 0.05) is 36.3 Å². The van der Waals surface area contributed by atoms with Gasteiger partial charge in [0.25, 0.3) is 0 Å². The molecule has 1 fully saturated rings. The molecule has 166 valence electrons. The highest BCUT2D eigenvalue weighted by atomic mass is 19.1. The molecule has 0 saturated carbocycles. The maximum Gasteiger partial charge on any atom is 0.167 e. The molecule has 32 heavy (non-hydrogen) atoms. The average Bonchev–Trinajstić information content (AvgIpc) is 3.20. The number of benzene rings is 1. The third-order valence-corrected chi connectivity index (χ3v) is 6.39. The van der Waals surface area contributed by atoms with E-state index in [9.17, 15) is 4.39 Å². The number of methoxy groups -OCH3 is 1. The first kappa shape index (κ1) is 20.6. The summed E-state index contributed by atoms with van der Waals surface area (Å²) in [6.45, 7) is 3.63. The molecule has 4 N–H and O–H groups in total. The summed E-state index contributed by atoms with van der Waals surface area (Å²) in [5.74, 6) is 0.0297. The number of piperidine rings is 1. The van der Waals surface area contributed by atoms with Crippen molar-refractivity contribution < 1.29 is 9.13 Å². The second-order valence-electron chi connectivity index (χ2n) is 8.63. The highest BCUT2D eigenvalue weighted by Crippen LogP contribution is 2.34. The molecule has 0 atom stereocenters. The van der Waals surface area contributed by atoms with Crippen LogP contribution >= 0.6 is 0 Å². The largest absolute Gasteiger partial charge is 0.494 e. The maximum absolute atomic E-state index is 14.1. The molecule has 5 rings (SSSR count). The van der Waals surface area contributed by atoms with Gasteiger partial charge in [-0.2, -0.15) is 5.10 Å². The van der Waals surface area contributed by atoms with Crippen molar-refractivity contribution in [3.05, 3.63) is 48.8 Å². The summed E-state index contributed by atoms with van der Waals surface area (Å²) in [6, 6.07) is 4.93. The highest BCUT2D eigenvalue weighted by molar-refractivity contribution is 5.98. The van der Waals surface area contributed by atoms with Crippen LogP contribution < -0.4 is 21.1 Å². The summed E-state index contributed by atoms with van der Waals surface area (Å²) in [5, 5.41) is 5.31. The molecule has 0 aliphatic carbocycles. The molecule has 0 unspecified atom stereocenters. The Morgan fingerprint density at radius 2 is 1.91 bits per heavy atom. The predicted molar refractivity (Wildman–Crippen MR) is 122 cm³/mol. The van der Waals surface area contributed by atoms with E-state index in [0.29, 0.717) is 11.4 Å². The topological polar surface area (TPSA) is 108 Å². The Bertz CT molecular complexity index is 1290. The fourth-order valence-electron chi connectivity index (χ4n) is 4.52. The lowest BCUT2D eigenvalue weighted by atomic mass is 9.86. The number of fused-ring (bicyclic) bond motifs is 2. The molecule has 4 aromatic rings. The molecule has 1 aliphatic heterocycles. The van der Waals surface area contributed by atoms with E-state index in [0.717, 1.165) is 53.8 Å². The Balaban J connectivity index is 1.49. The number of hydrogen-bond donors (Lipinski definition) is 2. The van der Waals surface area contributed by atoms with Crippen LogP contribution in [-0.4, -0.2) is 45.4 Å². The minimum Gasteiger partial charge on any atom is -0.494 e. The van der Waals surface area contributed by atoms with Crippen molar-refractivity contribution in [2.75, 3.05) is 25.1 Å². The van der Waals surface area contributed by atoms with Crippen molar-refractivity contribution in [1.29, 1.82) is 0 Å². The molecule has 0 spiro atoms. The molecule has 1 saturated heterocycles. The number of halogens is 1. The number of pyridine rings is 1. The Hall–Kier alpha value is -3.30. The minimum absolute atomic E-state index is 0.174. The number of aromatic nitrogens is 4. The average molecular weight is 436 g/mol. The fraction of sp³-hybridized carbons (Fsp3) is 0.348. The standard InChI is InChI=1S/C23H26FN7O/c1-23(25,26)14-4-7-30(8-5-14)15-11-28-22-18(12-29-31(22)13-15)16-3-6-27-20-10-19(24)21(32-2)9-17(16)20/h3,6,9-14H,4-5,7-8,25-26H2,1-2H3. The summed E-state index contributed by atoms with van der Waals surface area (Å²) in [4.78, 5) is 11.3. The molecule has 1 aromatic carbocycles. The van der Waals surface area contributed by atoms with E-state index < -0.39 is 11.5 Å². The van der Waals surface area contributed by atoms with Crippen LogP contribution in [0.15, 0.2) is 43.0 Å². The Morgan fingerprint density at radius 1 is 1.12 bits per heavy atom. The van der Waals surface area contributed by atoms with E-state index >= 15 is 0 Å². The van der Waals surface area contributed by atoms with E-state index in [2.05, 4.69) is 15.0 Å². The molecular weight excluding hydrogens is 409 g/mol. The first-order valence-corrected chi connectivity index (χ1v) is 10.6. The van der Waals surface area contributed by atoms with Gasteiger partial charge >= 0.3 is 0 Å². The van der Waals surface area contributed by atoms with Crippen LogP contribution in [0.1, 0.15) is 19.8 Å². The minimum atomic E-state index is -0.649. The van der Waals surface area contributed by atoms with E-state index in [1.807, 2.05) is 25.4 Å². The van der Waals surface area contributed by atoms with Gasteiger partial charge in [0.1, 0.15) is 0 Å². The van der Waals surface area contributed by atoms with Crippen molar-refractivity contribution in [2.45, 2.75) is 25.4 Å². The van der Waals surface area contributed by atoms with Crippen molar-refractivity contribution in [2.24, 2.45) is 17.4 Å². The van der Waals surface area contributed by atoms with E-state index in [1.165, 1.54) is 13.2 Å². The van der Waals surface area contributed by atoms with Crippen LogP contribution in [0.4, 0.5) is 10.1 Å². The summed E-state index contributed by atoms with van der Waals surface area (Å²) < 4.78 is 21.1. The van der Waals surface area contributed by atoms with Gasteiger partial charge in [-0.15, -0.1) is 0 Å². The van der Waals surface area contributed by atoms with Crippen molar-refractivity contribution in [3.63, 3.8) is 0 Å². The lowest BCUT2D eigenvalue weighted by Crippen LogP contribution is -2.55. The molecule has 0 radical (unpaired) electrons. The Morgan fingerprint density at radius 3 is 2.62 bits per heavy atom. The van der Waals surface area contributed by atoms with Crippen LogP contribution in [-0.2, 0) is 0 Å². The van der Waals surface area contributed by atoms with E-state index in [-0.39, 0.29) is 5.75 Å². The Kier molecular flexibility index (Phi) is 4.94. The van der Waals surface area contributed by atoms with Crippen molar-refractivity contribution >= 4 is 22.2 Å². The van der Waals surface area contributed by atoms with Crippen LogP contribution in [0.2, 0.25) is 0 Å². The fourth-order valence-corrected chi connectivity index (χ4v) is 4.52. The zero-order valence-corrected chi connectivity index (χ0v) is 18.1. The smallest absolute Gasteiger partial charge is 0.167 e. The summed E-state index contributed by atoms with van der Waals surface area (Å²) in [5.41, 5.74) is 15.5. The monoisotopic (exact) mass is 435 g/mol. The van der Waals surface area contributed by atoms with Gasteiger partial charge < -0.3 is 21.1 Å². The Labute approximate surface area is 185 Å². The summed E-state index contributed by atoms with van der Waals surface area (Å²) >= 11 is 0. The van der Waals surface area contributed by atoms with Gasteiger partial charge in [-0.25, -0.2) is 13.9 Å². The number of ether oxygens (including phenoxy) is 1. The summed E-state index contributed by atoms with van der Waals surface area (Å²) in [6.07, 6.45) is 9.17. The number of nitrogens with zero attached hydrogens (tertiary/aromatic N) is 5. The highest BCUT2D eigenvalue weighted by Gasteiger charge is 2.30. The number of hydrogen-bond acceptors (Lipinski definition) is 7. The zero-order chi connectivity index (χ0) is 22.5. The molecule has 8 nitrogen and oxygen atoms in total. The van der Waals surface area contributed by atoms with E-state index in [1.54, 1.807) is 23.0 Å². The normalized spacial score (nSPS) is 15.6. The van der Waals surface area contributed by atoms with Gasteiger partial charge in [0.05, 0.1) is 42.6 Å². The SMILES string of the molecule is COc1cc2c(-c3cnn4cc(N5CCC(C(C)(N)N)CC5)cnc34)ccnc2cc1F. The lowest BCUT2D eigenvalue weighted by Gasteiger charge is -2.39. The number of nitrogens with two attached hydrogens (primary N) is 2. The van der Waals surface area contributed by atoms with Gasteiger partial charge in [-0.1, -0.05) is 0 Å².